The van der Waals surface area contributed by atoms with E-state index in [1.807, 2.05) is 0 Å². The van der Waals surface area contributed by atoms with Crippen LogP contribution in [0, 0.1) is 0 Å². The third-order valence-electron chi connectivity index (χ3n) is 3.94. The van der Waals surface area contributed by atoms with Gasteiger partial charge in [-0.05, 0) is 0 Å². The van der Waals surface area contributed by atoms with Crippen LogP contribution in [0.4, 0.5) is 13.2 Å². The minimum absolute atomic E-state index is 0. The van der Waals surface area contributed by atoms with Gasteiger partial charge in [0.05, 0.1) is 0 Å². The van der Waals surface area contributed by atoms with E-state index in [2.05, 4.69) is 20.6 Å². The van der Waals surface area contributed by atoms with E-state index in [9.17, 15) is 18.0 Å². The van der Waals surface area contributed by atoms with Gasteiger partial charge in [-0.2, -0.15) is 23.4 Å². The lowest BCUT2D eigenvalue weighted by Crippen LogP contribution is -2.30. The molecule has 7 nitrogen and oxygen atoms in total. The Labute approximate surface area is 148 Å². The van der Waals surface area contributed by atoms with Crippen LogP contribution >= 0.6 is 12.4 Å². The topological polar surface area (TPSA) is 78.8 Å². The number of hydrogen-bond acceptors (Lipinski definition) is 4. The molecule has 2 aromatic rings. The molecule has 0 atom stereocenters. The Morgan fingerprint density at radius 2 is 2.16 bits per heavy atom. The summed E-state index contributed by atoms with van der Waals surface area (Å²) in [5.41, 5.74) is 0.888. The van der Waals surface area contributed by atoms with Gasteiger partial charge in [-0.25, -0.2) is 0 Å². The van der Waals surface area contributed by atoms with Gasteiger partial charge < -0.3 is 10.2 Å². The number of nitrogens with one attached hydrogen (secondary N) is 2. The number of aryl methyl sites for hydroxylation is 1. The van der Waals surface area contributed by atoms with Crippen molar-refractivity contribution in [2.24, 2.45) is 7.05 Å². The minimum Gasteiger partial charge on any atom is -0.336 e. The van der Waals surface area contributed by atoms with E-state index < -0.39 is 17.8 Å². The SMILES string of the molecule is CN(Cc1cn(C)nc1C(F)(F)F)C(=O)c1n[nH]c2c1CNCC2.Cl. The van der Waals surface area contributed by atoms with Gasteiger partial charge >= 0.3 is 6.18 Å². The first-order chi connectivity index (χ1) is 11.3. The van der Waals surface area contributed by atoms with Gasteiger partial charge in [-0.15, -0.1) is 12.4 Å². The number of amides is 1. The van der Waals surface area contributed by atoms with Gasteiger partial charge in [-0.3, -0.25) is 14.6 Å². The van der Waals surface area contributed by atoms with Crippen molar-refractivity contribution < 1.29 is 18.0 Å². The van der Waals surface area contributed by atoms with Crippen molar-refractivity contribution in [1.29, 1.82) is 0 Å². The highest BCUT2D eigenvalue weighted by atomic mass is 35.5. The fourth-order valence-corrected chi connectivity index (χ4v) is 2.80. The molecule has 0 saturated carbocycles. The third-order valence-corrected chi connectivity index (χ3v) is 3.94. The Morgan fingerprint density at radius 3 is 2.84 bits per heavy atom. The van der Waals surface area contributed by atoms with Crippen molar-refractivity contribution in [3.63, 3.8) is 0 Å². The molecular weight excluding hydrogens is 361 g/mol. The number of rotatable bonds is 3. The van der Waals surface area contributed by atoms with Gasteiger partial charge in [0.2, 0.25) is 0 Å². The normalized spacial score (nSPS) is 14.0. The molecule has 0 spiro atoms. The lowest BCUT2D eigenvalue weighted by atomic mass is 10.1. The first-order valence-electron chi connectivity index (χ1n) is 7.39. The second-order valence-corrected chi connectivity index (χ2v) is 5.79. The Morgan fingerprint density at radius 1 is 1.44 bits per heavy atom. The van der Waals surface area contributed by atoms with E-state index in [1.54, 1.807) is 0 Å². The van der Waals surface area contributed by atoms with E-state index in [0.717, 1.165) is 28.9 Å². The molecule has 0 aliphatic carbocycles. The first kappa shape index (κ1) is 19.3. The molecule has 138 valence electrons. The average molecular weight is 379 g/mol. The van der Waals surface area contributed by atoms with Crippen molar-refractivity contribution in [3.05, 3.63) is 34.4 Å². The lowest BCUT2D eigenvalue weighted by molar-refractivity contribution is -0.142. The molecule has 1 aliphatic heterocycles. The summed E-state index contributed by atoms with van der Waals surface area (Å²) < 4.78 is 40.1. The zero-order valence-electron chi connectivity index (χ0n) is 13.6. The van der Waals surface area contributed by atoms with Crippen LogP contribution in [-0.4, -0.2) is 44.4 Å². The molecule has 1 amide bonds. The van der Waals surface area contributed by atoms with Crippen LogP contribution in [0.2, 0.25) is 0 Å². The Balaban J connectivity index is 0.00000225. The molecular formula is C14H18ClF3N6O. The van der Waals surface area contributed by atoms with E-state index in [-0.39, 0.29) is 30.2 Å². The summed E-state index contributed by atoms with van der Waals surface area (Å²) in [7, 11) is 2.86. The maximum absolute atomic E-state index is 13.0. The largest absolute Gasteiger partial charge is 0.435 e. The second-order valence-electron chi connectivity index (χ2n) is 5.79. The smallest absolute Gasteiger partial charge is 0.336 e. The summed E-state index contributed by atoms with van der Waals surface area (Å²) in [5, 5.41) is 13.5. The zero-order valence-corrected chi connectivity index (χ0v) is 14.5. The highest BCUT2D eigenvalue weighted by molar-refractivity contribution is 5.93. The average Bonchev–Trinajstić information content (AvgIpc) is 3.09. The van der Waals surface area contributed by atoms with Crippen molar-refractivity contribution in [1.82, 2.24) is 30.2 Å². The molecule has 0 radical (unpaired) electrons. The zero-order chi connectivity index (χ0) is 17.5. The quantitative estimate of drug-likeness (QED) is 0.848. The van der Waals surface area contributed by atoms with Gasteiger partial charge in [-0.1, -0.05) is 0 Å². The molecule has 3 rings (SSSR count). The van der Waals surface area contributed by atoms with Crippen molar-refractivity contribution in [2.45, 2.75) is 25.7 Å². The number of halogens is 4. The van der Waals surface area contributed by atoms with E-state index in [1.165, 1.54) is 25.2 Å². The summed E-state index contributed by atoms with van der Waals surface area (Å²) in [6.07, 6.45) is -2.55. The maximum Gasteiger partial charge on any atom is 0.435 e. The number of aromatic nitrogens is 4. The summed E-state index contributed by atoms with van der Waals surface area (Å²) >= 11 is 0. The van der Waals surface area contributed by atoms with E-state index in [0.29, 0.717) is 6.54 Å². The number of alkyl halides is 3. The van der Waals surface area contributed by atoms with Crippen LogP contribution in [0.1, 0.15) is 33.0 Å². The Bertz CT molecular complexity index is 769. The highest BCUT2D eigenvalue weighted by Crippen LogP contribution is 2.31. The molecule has 0 fully saturated rings. The van der Waals surface area contributed by atoms with Crippen molar-refractivity contribution >= 4 is 18.3 Å². The molecule has 0 unspecified atom stereocenters. The van der Waals surface area contributed by atoms with E-state index in [4.69, 9.17) is 0 Å². The number of nitrogens with zero attached hydrogens (tertiary/aromatic N) is 4. The van der Waals surface area contributed by atoms with Gasteiger partial charge in [0, 0.05) is 63.2 Å². The van der Waals surface area contributed by atoms with Crippen LogP contribution in [0.15, 0.2) is 6.20 Å². The third kappa shape index (κ3) is 3.79. The predicted molar refractivity (Wildman–Crippen MR) is 85.3 cm³/mol. The summed E-state index contributed by atoms with van der Waals surface area (Å²) in [6.45, 7) is 1.11. The molecule has 2 N–H and O–H groups in total. The lowest BCUT2D eigenvalue weighted by Gasteiger charge is -2.18. The second kappa shape index (κ2) is 7.04. The summed E-state index contributed by atoms with van der Waals surface area (Å²) in [6, 6.07) is 0. The summed E-state index contributed by atoms with van der Waals surface area (Å²) in [5.74, 6) is -0.423. The van der Waals surface area contributed by atoms with Gasteiger partial charge in [0.25, 0.3) is 5.91 Å². The van der Waals surface area contributed by atoms with Crippen LogP contribution < -0.4 is 5.32 Å². The molecule has 3 heterocycles. The molecule has 0 aromatic carbocycles. The highest BCUT2D eigenvalue weighted by Gasteiger charge is 2.37. The Kier molecular flexibility index (Phi) is 5.43. The number of carbonyl (C=O) groups excluding carboxylic acids is 1. The van der Waals surface area contributed by atoms with Crippen LogP contribution in [0.25, 0.3) is 0 Å². The molecule has 25 heavy (non-hydrogen) atoms. The number of hydrogen-bond donors (Lipinski definition) is 2. The fourth-order valence-electron chi connectivity index (χ4n) is 2.80. The van der Waals surface area contributed by atoms with Crippen molar-refractivity contribution in [2.75, 3.05) is 13.6 Å². The maximum atomic E-state index is 13.0. The Hall–Kier alpha value is -2.07. The molecule has 1 aliphatic rings. The number of carbonyl (C=O) groups is 1. The van der Waals surface area contributed by atoms with Crippen LogP contribution in [-0.2, 0) is 32.7 Å². The molecule has 0 bridgehead atoms. The number of fused-ring (bicyclic) bond motifs is 1. The van der Waals surface area contributed by atoms with Gasteiger partial charge in [0.1, 0.15) is 0 Å². The van der Waals surface area contributed by atoms with Crippen LogP contribution in [0.5, 0.6) is 0 Å². The van der Waals surface area contributed by atoms with E-state index >= 15 is 0 Å². The van der Waals surface area contributed by atoms with Crippen LogP contribution in [0.3, 0.4) is 0 Å². The fraction of sp³-hybridized carbons (Fsp3) is 0.500. The van der Waals surface area contributed by atoms with Gasteiger partial charge in [0.15, 0.2) is 11.4 Å². The number of aromatic amines is 1. The first-order valence-corrected chi connectivity index (χ1v) is 7.39. The molecule has 0 saturated heterocycles. The predicted octanol–water partition coefficient (Wildman–Crippen LogP) is 1.50. The summed E-state index contributed by atoms with van der Waals surface area (Å²) in [4.78, 5) is 13.8. The minimum atomic E-state index is -4.56. The standard InChI is InChI=1S/C14H17F3N6O.ClH/c1-22(6-8-7-23(2)21-12(8)14(15,16)17)13(24)11-9-5-18-4-3-10(9)19-20-11;/h7,18H,3-6H2,1-2H3,(H,19,20);1H. The molecule has 11 heteroatoms. The van der Waals surface area contributed by atoms with Crippen molar-refractivity contribution in [3.8, 4) is 0 Å². The number of H-pyrrole nitrogens is 1. The monoisotopic (exact) mass is 378 g/mol. The molecule has 2 aromatic heterocycles.